The van der Waals surface area contributed by atoms with Gasteiger partial charge in [-0.15, -0.1) is 0 Å². The van der Waals surface area contributed by atoms with Gasteiger partial charge in [-0.2, -0.15) is 21.6 Å². The molecule has 0 unspecified atom stereocenters. The molecular formula is C13H25F3O3S. The lowest BCUT2D eigenvalue weighted by Gasteiger charge is -2.24. The van der Waals surface area contributed by atoms with Crippen molar-refractivity contribution in [3.05, 3.63) is 0 Å². The topological polar surface area (TPSA) is 43.4 Å². The van der Waals surface area contributed by atoms with E-state index in [1.165, 1.54) is 26.7 Å². The van der Waals surface area contributed by atoms with Crippen molar-refractivity contribution in [2.24, 2.45) is 0 Å². The third-order valence-corrected chi connectivity index (χ3v) is 4.24. The third kappa shape index (κ3) is 8.09. The van der Waals surface area contributed by atoms with E-state index in [2.05, 4.69) is 11.1 Å². The molecule has 0 fully saturated rings. The van der Waals surface area contributed by atoms with E-state index in [1.54, 1.807) is 0 Å². The van der Waals surface area contributed by atoms with Gasteiger partial charge in [0.05, 0.1) is 5.60 Å². The van der Waals surface area contributed by atoms with Gasteiger partial charge in [-0.25, -0.2) is 0 Å². The molecule has 0 aliphatic carbocycles. The van der Waals surface area contributed by atoms with Gasteiger partial charge in [-0.1, -0.05) is 51.9 Å². The Bertz CT molecular complexity index is 362. The molecule has 0 radical (unpaired) electrons. The summed E-state index contributed by atoms with van der Waals surface area (Å²) in [5.74, 6) is 0. The molecule has 0 rings (SSSR count). The minimum absolute atomic E-state index is 0.288. The Kier molecular flexibility index (Phi) is 8.09. The molecule has 0 aliphatic rings. The highest BCUT2D eigenvalue weighted by Crippen LogP contribution is 2.30. The van der Waals surface area contributed by atoms with Crippen molar-refractivity contribution in [3.8, 4) is 0 Å². The second-order valence-electron chi connectivity index (χ2n) is 5.61. The van der Waals surface area contributed by atoms with Crippen LogP contribution in [0.2, 0.25) is 0 Å². The van der Waals surface area contributed by atoms with E-state index in [4.69, 9.17) is 0 Å². The second-order valence-corrected chi connectivity index (χ2v) is 7.15. The Balaban J connectivity index is 4.03. The zero-order valence-electron chi connectivity index (χ0n) is 12.4. The molecule has 0 N–H and O–H groups in total. The lowest BCUT2D eigenvalue weighted by atomic mass is 10.00. The molecule has 3 nitrogen and oxygen atoms in total. The summed E-state index contributed by atoms with van der Waals surface area (Å²) < 4.78 is 62.8. The molecule has 0 amide bonds. The Labute approximate surface area is 120 Å². The predicted molar refractivity (Wildman–Crippen MR) is 72.7 cm³/mol. The van der Waals surface area contributed by atoms with E-state index in [0.717, 1.165) is 25.7 Å². The van der Waals surface area contributed by atoms with Crippen LogP contribution in [0.1, 0.15) is 72.1 Å². The summed E-state index contributed by atoms with van der Waals surface area (Å²) in [7, 11) is -5.51. The van der Waals surface area contributed by atoms with Gasteiger partial charge in [0.2, 0.25) is 0 Å². The monoisotopic (exact) mass is 318 g/mol. The number of rotatable bonds is 10. The average Bonchev–Trinajstić information content (AvgIpc) is 2.24. The molecule has 0 bridgehead atoms. The smallest absolute Gasteiger partial charge is 0.257 e. The zero-order chi connectivity index (χ0) is 15.9. The quantitative estimate of drug-likeness (QED) is 0.331. The van der Waals surface area contributed by atoms with E-state index < -0.39 is 21.2 Å². The molecule has 0 saturated heterocycles. The van der Waals surface area contributed by atoms with Crippen LogP contribution in [-0.4, -0.2) is 19.5 Å². The predicted octanol–water partition coefficient (Wildman–Crippen LogP) is 4.77. The summed E-state index contributed by atoms with van der Waals surface area (Å²) in [6.07, 6.45) is 7.47. The van der Waals surface area contributed by atoms with E-state index in [9.17, 15) is 21.6 Å². The Morgan fingerprint density at radius 3 is 1.80 bits per heavy atom. The van der Waals surface area contributed by atoms with Crippen LogP contribution < -0.4 is 0 Å². The number of alkyl halides is 3. The molecule has 20 heavy (non-hydrogen) atoms. The van der Waals surface area contributed by atoms with E-state index in [-0.39, 0.29) is 6.42 Å². The van der Waals surface area contributed by atoms with Crippen LogP contribution in [-0.2, 0) is 14.3 Å². The summed E-state index contributed by atoms with van der Waals surface area (Å²) in [6.45, 7) is 4.86. The van der Waals surface area contributed by atoms with Crippen LogP contribution in [0.5, 0.6) is 0 Å². The van der Waals surface area contributed by atoms with Gasteiger partial charge in [0.25, 0.3) is 0 Å². The van der Waals surface area contributed by atoms with Crippen LogP contribution in [0.15, 0.2) is 0 Å². The Morgan fingerprint density at radius 1 is 0.900 bits per heavy atom. The fourth-order valence-corrected chi connectivity index (χ4v) is 2.67. The van der Waals surface area contributed by atoms with Crippen molar-refractivity contribution < 1.29 is 25.8 Å². The van der Waals surface area contributed by atoms with Crippen molar-refractivity contribution in [1.29, 1.82) is 0 Å². The minimum atomic E-state index is -5.51. The molecule has 0 spiro atoms. The normalized spacial score (nSPS) is 13.7. The summed E-state index contributed by atoms with van der Waals surface area (Å²) in [6, 6.07) is 0. The third-order valence-electron chi connectivity index (χ3n) is 3.00. The van der Waals surface area contributed by atoms with E-state index in [1.807, 2.05) is 0 Å². The molecular weight excluding hydrogens is 293 g/mol. The highest BCUT2D eigenvalue weighted by molar-refractivity contribution is 7.87. The van der Waals surface area contributed by atoms with Crippen LogP contribution in [0, 0.1) is 0 Å². The first-order valence-corrected chi connectivity index (χ1v) is 8.44. The van der Waals surface area contributed by atoms with Gasteiger partial charge in [0, 0.05) is 0 Å². The maximum Gasteiger partial charge on any atom is 0.523 e. The van der Waals surface area contributed by atoms with Crippen molar-refractivity contribution in [3.63, 3.8) is 0 Å². The van der Waals surface area contributed by atoms with Crippen molar-refractivity contribution in [1.82, 2.24) is 0 Å². The van der Waals surface area contributed by atoms with Gasteiger partial charge in [-0.3, -0.25) is 4.18 Å². The molecule has 0 atom stereocenters. The minimum Gasteiger partial charge on any atom is -0.257 e. The standard InChI is InChI=1S/C13H25F3O3S/c1-4-5-6-7-8-9-10-11-12(2,3)19-20(17,18)13(14,15)16/h4-11H2,1-3H3. The second kappa shape index (κ2) is 8.22. The maximum atomic E-state index is 12.2. The van der Waals surface area contributed by atoms with Crippen LogP contribution in [0.4, 0.5) is 13.2 Å². The average molecular weight is 318 g/mol. The lowest BCUT2D eigenvalue weighted by molar-refractivity contribution is -0.0633. The fourth-order valence-electron chi connectivity index (χ4n) is 1.89. The zero-order valence-corrected chi connectivity index (χ0v) is 13.2. The molecule has 0 aliphatic heterocycles. The fraction of sp³-hybridized carbons (Fsp3) is 1.00. The summed E-state index contributed by atoms with van der Waals surface area (Å²) in [5.41, 5.74) is -6.68. The van der Waals surface area contributed by atoms with Crippen LogP contribution in [0.3, 0.4) is 0 Å². The largest absolute Gasteiger partial charge is 0.523 e. The first kappa shape index (κ1) is 19.7. The van der Waals surface area contributed by atoms with Crippen LogP contribution in [0.25, 0.3) is 0 Å². The first-order chi connectivity index (χ1) is 9.02. The van der Waals surface area contributed by atoms with E-state index >= 15 is 0 Å². The number of hydrogen-bond donors (Lipinski definition) is 0. The number of unbranched alkanes of at least 4 members (excludes halogenated alkanes) is 6. The maximum absolute atomic E-state index is 12.2. The molecule has 0 heterocycles. The first-order valence-electron chi connectivity index (χ1n) is 7.04. The SMILES string of the molecule is CCCCCCCCCC(C)(C)OS(=O)(=O)C(F)(F)F. The number of hydrogen-bond acceptors (Lipinski definition) is 3. The van der Waals surface area contributed by atoms with Gasteiger partial charge >= 0.3 is 15.6 Å². The summed E-state index contributed by atoms with van der Waals surface area (Å²) in [4.78, 5) is 0. The number of halogens is 3. The molecule has 0 aromatic heterocycles. The molecule has 7 heteroatoms. The highest BCUT2D eigenvalue weighted by Gasteiger charge is 2.49. The molecule has 122 valence electrons. The van der Waals surface area contributed by atoms with Crippen molar-refractivity contribution in [2.75, 3.05) is 0 Å². The molecule has 0 aromatic carbocycles. The van der Waals surface area contributed by atoms with Gasteiger partial charge in [0.1, 0.15) is 0 Å². The highest BCUT2D eigenvalue weighted by atomic mass is 32.2. The van der Waals surface area contributed by atoms with E-state index in [0.29, 0.717) is 6.42 Å². The van der Waals surface area contributed by atoms with Gasteiger partial charge in [0.15, 0.2) is 0 Å². The van der Waals surface area contributed by atoms with Gasteiger partial charge < -0.3 is 0 Å². The van der Waals surface area contributed by atoms with Crippen molar-refractivity contribution >= 4 is 10.1 Å². The Hall–Kier alpha value is -0.300. The Morgan fingerprint density at radius 2 is 1.35 bits per heavy atom. The molecule has 0 saturated carbocycles. The molecule has 0 aromatic rings. The van der Waals surface area contributed by atoms with Gasteiger partial charge in [-0.05, 0) is 20.3 Å². The lowest BCUT2D eigenvalue weighted by Crippen LogP contribution is -2.35. The summed E-state index contributed by atoms with van der Waals surface area (Å²) >= 11 is 0. The van der Waals surface area contributed by atoms with Crippen LogP contribution >= 0.6 is 0 Å². The summed E-state index contributed by atoms with van der Waals surface area (Å²) in [5, 5.41) is 0. The van der Waals surface area contributed by atoms with Crippen molar-refractivity contribution in [2.45, 2.75) is 83.2 Å².